The molecule has 0 heterocycles. The van der Waals surface area contributed by atoms with Gasteiger partial charge in [-0.25, -0.2) is 4.79 Å². The molecule has 0 atom stereocenters. The molecule has 44 valence electrons. The molecule has 0 aromatic heterocycles. The van der Waals surface area contributed by atoms with Crippen molar-refractivity contribution < 1.29 is 14.6 Å². The van der Waals surface area contributed by atoms with E-state index in [0.717, 1.165) is 0 Å². The van der Waals surface area contributed by atoms with Gasteiger partial charge in [0, 0.05) is 7.11 Å². The fraction of sp³-hybridized carbons (Fsp3) is 0.667. The molecule has 0 saturated heterocycles. The zero-order chi connectivity index (χ0) is 4.99. The van der Waals surface area contributed by atoms with E-state index in [0.29, 0.717) is 0 Å². The van der Waals surface area contributed by atoms with Gasteiger partial charge in [0.2, 0.25) is 0 Å². The number of carboxylic acids is 1. The van der Waals surface area contributed by atoms with Crippen molar-refractivity contribution >= 4 is 18.4 Å². The Morgan fingerprint density at radius 1 is 1.86 bits per heavy atom. The summed E-state index contributed by atoms with van der Waals surface area (Å²) in [5.41, 5.74) is 0. The Morgan fingerprint density at radius 3 is 2.29 bits per heavy atom. The Kier molecular flexibility index (Phi) is 8.06. The molecule has 0 rings (SSSR count). The summed E-state index contributed by atoms with van der Waals surface area (Å²) >= 11 is 0. The summed E-state index contributed by atoms with van der Waals surface area (Å²) in [4.78, 5) is 9.47. The molecule has 0 aromatic carbocycles. The summed E-state index contributed by atoms with van der Waals surface area (Å²) < 4.78 is 4.20. The highest BCUT2D eigenvalue weighted by Crippen LogP contribution is 1.61. The van der Waals surface area contributed by atoms with Crippen LogP contribution in [0.25, 0.3) is 0 Å². The van der Waals surface area contributed by atoms with Crippen LogP contribution >= 0.6 is 12.4 Å². The van der Waals surface area contributed by atoms with Crippen LogP contribution in [0.1, 0.15) is 0 Å². The summed E-state index contributed by atoms with van der Waals surface area (Å²) in [5, 5.41) is 7.79. The SMILES string of the molecule is COCC(=O)O.Cl. The maximum absolute atomic E-state index is 9.47. The van der Waals surface area contributed by atoms with Gasteiger partial charge < -0.3 is 9.84 Å². The molecule has 0 saturated carbocycles. The van der Waals surface area contributed by atoms with Crippen LogP contribution in [-0.4, -0.2) is 24.8 Å². The van der Waals surface area contributed by atoms with Gasteiger partial charge in [0.15, 0.2) is 0 Å². The molecule has 3 nitrogen and oxygen atoms in total. The first-order chi connectivity index (χ1) is 2.77. The molecule has 0 unspecified atom stereocenters. The molecule has 0 amide bonds. The van der Waals surface area contributed by atoms with Crippen LogP contribution in [0.3, 0.4) is 0 Å². The lowest BCUT2D eigenvalue weighted by Gasteiger charge is -1.83. The molecule has 0 fully saturated rings. The fourth-order valence-corrected chi connectivity index (χ4v) is 0.123. The van der Waals surface area contributed by atoms with Crippen LogP contribution in [0.15, 0.2) is 0 Å². The van der Waals surface area contributed by atoms with Crippen molar-refractivity contribution in [3.8, 4) is 0 Å². The monoisotopic (exact) mass is 126 g/mol. The lowest BCUT2D eigenvalue weighted by atomic mass is 10.8. The largest absolute Gasteiger partial charge is 0.480 e. The third kappa shape index (κ3) is 10.7. The first-order valence-electron chi connectivity index (χ1n) is 1.48. The number of hydrogen-bond donors (Lipinski definition) is 1. The maximum Gasteiger partial charge on any atom is 0.329 e. The molecule has 4 heteroatoms. The number of ether oxygens (including phenoxy) is 1. The van der Waals surface area contributed by atoms with E-state index in [-0.39, 0.29) is 19.0 Å². The molecule has 0 aliphatic rings. The van der Waals surface area contributed by atoms with Gasteiger partial charge in [-0.05, 0) is 0 Å². The van der Waals surface area contributed by atoms with Gasteiger partial charge in [0.05, 0.1) is 0 Å². The van der Waals surface area contributed by atoms with Crippen molar-refractivity contribution in [2.24, 2.45) is 0 Å². The molecule has 7 heavy (non-hydrogen) atoms. The average Bonchev–Trinajstić information content (AvgIpc) is 1.35. The lowest BCUT2D eigenvalue weighted by molar-refractivity contribution is -0.141. The second-order valence-corrected chi connectivity index (χ2v) is 0.827. The van der Waals surface area contributed by atoms with E-state index in [4.69, 9.17) is 5.11 Å². The van der Waals surface area contributed by atoms with Crippen molar-refractivity contribution in [1.29, 1.82) is 0 Å². The van der Waals surface area contributed by atoms with Crippen LogP contribution in [0.5, 0.6) is 0 Å². The van der Waals surface area contributed by atoms with Crippen molar-refractivity contribution in [3.63, 3.8) is 0 Å². The Labute approximate surface area is 47.7 Å². The van der Waals surface area contributed by atoms with E-state index in [1.807, 2.05) is 0 Å². The molecule has 0 aliphatic heterocycles. The zero-order valence-corrected chi connectivity index (χ0v) is 4.70. The molecular weight excluding hydrogens is 119 g/mol. The number of hydrogen-bond acceptors (Lipinski definition) is 2. The lowest BCUT2D eigenvalue weighted by Crippen LogP contribution is -2.02. The third-order valence-electron chi connectivity index (χ3n) is 0.268. The van der Waals surface area contributed by atoms with E-state index < -0.39 is 5.97 Å². The summed E-state index contributed by atoms with van der Waals surface area (Å²) in [6.07, 6.45) is 0. The average molecular weight is 127 g/mol. The first-order valence-corrected chi connectivity index (χ1v) is 1.48. The first kappa shape index (κ1) is 9.87. The Bertz CT molecular complexity index is 54.1. The van der Waals surface area contributed by atoms with Crippen molar-refractivity contribution in [2.45, 2.75) is 0 Å². The van der Waals surface area contributed by atoms with E-state index in [1.54, 1.807) is 0 Å². The molecule has 1 N–H and O–H groups in total. The van der Waals surface area contributed by atoms with Crippen molar-refractivity contribution in [2.75, 3.05) is 13.7 Å². The molecule has 0 radical (unpaired) electrons. The quantitative estimate of drug-likeness (QED) is 0.573. The molecule has 0 aliphatic carbocycles. The van der Waals surface area contributed by atoms with Gasteiger partial charge in [-0.15, -0.1) is 12.4 Å². The van der Waals surface area contributed by atoms with Gasteiger partial charge >= 0.3 is 5.97 Å². The number of aliphatic carboxylic acids is 1. The number of rotatable bonds is 2. The zero-order valence-electron chi connectivity index (χ0n) is 3.88. The number of carboxylic acid groups (broad SMARTS) is 1. The molecule has 0 spiro atoms. The van der Waals surface area contributed by atoms with Crippen molar-refractivity contribution in [3.05, 3.63) is 0 Å². The number of carbonyl (C=O) groups is 1. The maximum atomic E-state index is 9.47. The van der Waals surface area contributed by atoms with Gasteiger partial charge in [-0.1, -0.05) is 0 Å². The minimum Gasteiger partial charge on any atom is -0.480 e. The minimum atomic E-state index is -0.933. The highest BCUT2D eigenvalue weighted by atomic mass is 35.5. The van der Waals surface area contributed by atoms with E-state index in [1.165, 1.54) is 7.11 Å². The molecular formula is C3H7ClO3. The highest BCUT2D eigenvalue weighted by Gasteiger charge is 1.87. The van der Waals surface area contributed by atoms with Crippen LogP contribution in [0.4, 0.5) is 0 Å². The van der Waals surface area contributed by atoms with Gasteiger partial charge in [0.1, 0.15) is 6.61 Å². The summed E-state index contributed by atoms with van der Waals surface area (Å²) in [6.45, 7) is -0.208. The smallest absolute Gasteiger partial charge is 0.329 e. The van der Waals surface area contributed by atoms with Crippen LogP contribution in [-0.2, 0) is 9.53 Å². The van der Waals surface area contributed by atoms with Gasteiger partial charge in [-0.2, -0.15) is 0 Å². The van der Waals surface area contributed by atoms with E-state index >= 15 is 0 Å². The predicted octanol–water partition coefficient (Wildman–Crippen LogP) is 0.139. The Balaban J connectivity index is 0. The predicted molar refractivity (Wildman–Crippen MR) is 26.8 cm³/mol. The third-order valence-corrected chi connectivity index (χ3v) is 0.268. The molecule has 0 bridgehead atoms. The Morgan fingerprint density at radius 2 is 2.29 bits per heavy atom. The van der Waals surface area contributed by atoms with Crippen LogP contribution < -0.4 is 0 Å². The van der Waals surface area contributed by atoms with Gasteiger partial charge in [0.25, 0.3) is 0 Å². The van der Waals surface area contributed by atoms with E-state index in [9.17, 15) is 4.79 Å². The fourth-order valence-electron chi connectivity index (χ4n) is 0.123. The van der Waals surface area contributed by atoms with Gasteiger partial charge in [-0.3, -0.25) is 0 Å². The Hall–Kier alpha value is -0.280. The minimum absolute atomic E-state index is 0. The summed E-state index contributed by atoms with van der Waals surface area (Å²) in [5.74, 6) is -0.933. The van der Waals surface area contributed by atoms with Crippen LogP contribution in [0.2, 0.25) is 0 Å². The normalized spacial score (nSPS) is 7.00. The molecule has 0 aromatic rings. The number of methoxy groups -OCH3 is 1. The van der Waals surface area contributed by atoms with E-state index in [2.05, 4.69) is 4.74 Å². The standard InChI is InChI=1S/C3H6O3.ClH/c1-6-2-3(4)5;/h2H2,1H3,(H,4,5);1H. The van der Waals surface area contributed by atoms with Crippen molar-refractivity contribution in [1.82, 2.24) is 0 Å². The summed E-state index contributed by atoms with van der Waals surface area (Å²) in [7, 11) is 1.34. The highest BCUT2D eigenvalue weighted by molar-refractivity contribution is 5.85. The topological polar surface area (TPSA) is 46.5 Å². The summed E-state index contributed by atoms with van der Waals surface area (Å²) in [6, 6.07) is 0. The second-order valence-electron chi connectivity index (χ2n) is 0.827. The van der Waals surface area contributed by atoms with Crippen LogP contribution in [0, 0.1) is 0 Å². The number of halogens is 1. The second kappa shape index (κ2) is 5.72.